The Kier molecular flexibility index (Phi) is 4.14. The minimum absolute atomic E-state index is 0.109. The Balaban J connectivity index is 2.58. The molecule has 0 amide bonds. The van der Waals surface area contributed by atoms with Crippen LogP contribution in [0.2, 0.25) is 0 Å². The van der Waals surface area contributed by atoms with Crippen molar-refractivity contribution < 1.29 is 19.0 Å². The average Bonchev–Trinajstić information content (AvgIpc) is 2.53. The number of carbonyl (C=O) groups excluding carboxylic acids is 1. The van der Waals surface area contributed by atoms with Crippen molar-refractivity contribution in [1.29, 1.82) is 0 Å². The molecule has 6 heteroatoms. The number of benzene rings is 1. The summed E-state index contributed by atoms with van der Waals surface area (Å²) in [5, 5.41) is 0. The van der Waals surface area contributed by atoms with Gasteiger partial charge in [0, 0.05) is 12.4 Å². The van der Waals surface area contributed by atoms with E-state index in [2.05, 4.69) is 9.97 Å². The summed E-state index contributed by atoms with van der Waals surface area (Å²) in [4.78, 5) is 20.6. The van der Waals surface area contributed by atoms with E-state index >= 15 is 0 Å². The first-order valence-electron chi connectivity index (χ1n) is 5.83. The zero-order chi connectivity index (χ0) is 14.5. The van der Waals surface area contributed by atoms with Crippen LogP contribution >= 0.6 is 0 Å². The molecule has 0 fully saturated rings. The van der Waals surface area contributed by atoms with Gasteiger partial charge in [-0.15, -0.1) is 0 Å². The summed E-state index contributed by atoms with van der Waals surface area (Å²) in [7, 11) is 4.40. The molecular weight excluding hydrogens is 260 g/mol. The van der Waals surface area contributed by atoms with Crippen molar-refractivity contribution in [3.05, 3.63) is 41.9 Å². The first kappa shape index (κ1) is 13.8. The number of aromatic nitrogens is 2. The van der Waals surface area contributed by atoms with Crippen molar-refractivity contribution in [2.45, 2.75) is 0 Å². The lowest BCUT2D eigenvalue weighted by Crippen LogP contribution is -2.10. The molecule has 0 aliphatic heterocycles. The maximum Gasteiger partial charge on any atom is 0.243 e. The van der Waals surface area contributed by atoms with Gasteiger partial charge in [0.1, 0.15) is 17.1 Å². The number of carbonyl (C=O) groups is 1. The maximum absolute atomic E-state index is 12.6. The van der Waals surface area contributed by atoms with Gasteiger partial charge in [-0.1, -0.05) is 6.07 Å². The Morgan fingerprint density at radius 1 is 0.950 bits per heavy atom. The minimum Gasteiger partial charge on any atom is -0.496 e. The predicted octanol–water partition coefficient (Wildman–Crippen LogP) is 1.73. The van der Waals surface area contributed by atoms with E-state index in [0.717, 1.165) is 0 Å². The number of nitrogens with zero attached hydrogens (tertiary/aromatic N) is 2. The lowest BCUT2D eigenvalue weighted by Gasteiger charge is -2.12. The van der Waals surface area contributed by atoms with Crippen molar-refractivity contribution in [1.82, 2.24) is 9.97 Å². The van der Waals surface area contributed by atoms with Crippen LogP contribution in [-0.4, -0.2) is 37.1 Å². The third-order valence-electron chi connectivity index (χ3n) is 2.73. The lowest BCUT2D eigenvalue weighted by atomic mass is 10.1. The summed E-state index contributed by atoms with van der Waals surface area (Å²) in [5.41, 5.74) is 0.397. The van der Waals surface area contributed by atoms with Crippen molar-refractivity contribution in [2.75, 3.05) is 21.3 Å². The van der Waals surface area contributed by atoms with E-state index in [4.69, 9.17) is 14.2 Å². The average molecular weight is 274 g/mol. The molecule has 1 aromatic heterocycles. The monoisotopic (exact) mass is 274 g/mol. The fourth-order valence-corrected chi connectivity index (χ4v) is 1.82. The van der Waals surface area contributed by atoms with E-state index in [-0.39, 0.29) is 22.9 Å². The van der Waals surface area contributed by atoms with E-state index in [9.17, 15) is 4.79 Å². The van der Waals surface area contributed by atoms with Gasteiger partial charge >= 0.3 is 0 Å². The molecule has 0 saturated heterocycles. The Labute approximate surface area is 116 Å². The van der Waals surface area contributed by atoms with Gasteiger partial charge in [0.25, 0.3) is 0 Å². The van der Waals surface area contributed by atoms with Gasteiger partial charge in [0.2, 0.25) is 11.7 Å². The van der Waals surface area contributed by atoms with Crippen molar-refractivity contribution >= 4 is 5.78 Å². The third-order valence-corrected chi connectivity index (χ3v) is 2.73. The molecule has 20 heavy (non-hydrogen) atoms. The van der Waals surface area contributed by atoms with Gasteiger partial charge in [-0.05, 0) is 12.1 Å². The number of hydrogen-bond donors (Lipinski definition) is 0. The van der Waals surface area contributed by atoms with Crippen LogP contribution < -0.4 is 14.2 Å². The van der Waals surface area contributed by atoms with Gasteiger partial charge in [-0.2, -0.15) is 0 Å². The normalized spacial score (nSPS) is 9.95. The zero-order valence-corrected chi connectivity index (χ0v) is 11.4. The van der Waals surface area contributed by atoms with Crippen LogP contribution in [0.4, 0.5) is 0 Å². The van der Waals surface area contributed by atoms with Crippen molar-refractivity contribution in [3.63, 3.8) is 0 Å². The number of ketones is 1. The molecule has 0 aliphatic carbocycles. The highest BCUT2D eigenvalue weighted by molar-refractivity contribution is 6.12. The second-order valence-corrected chi connectivity index (χ2v) is 3.78. The summed E-state index contributed by atoms with van der Waals surface area (Å²) in [6.07, 6.45) is 2.88. The molecule has 0 saturated carbocycles. The van der Waals surface area contributed by atoms with Gasteiger partial charge in [0.05, 0.1) is 21.3 Å². The lowest BCUT2D eigenvalue weighted by molar-refractivity contribution is 0.102. The molecule has 1 heterocycles. The highest BCUT2D eigenvalue weighted by atomic mass is 16.5. The number of rotatable bonds is 5. The Hall–Kier alpha value is -2.63. The van der Waals surface area contributed by atoms with Crippen LogP contribution in [-0.2, 0) is 0 Å². The van der Waals surface area contributed by atoms with Crippen molar-refractivity contribution in [2.24, 2.45) is 0 Å². The minimum atomic E-state index is -0.371. The standard InChI is InChI=1S/C14H14N2O4/c1-18-9-5-4-6-10(19-2)11(9)13(17)12-14(20-3)16-8-7-15-12/h4-8H,1-3H3. The summed E-state index contributed by atoms with van der Waals surface area (Å²) >= 11 is 0. The molecule has 0 unspecified atom stereocenters. The quantitative estimate of drug-likeness (QED) is 0.773. The van der Waals surface area contributed by atoms with E-state index in [1.54, 1.807) is 18.2 Å². The summed E-state index contributed by atoms with van der Waals surface area (Å²) in [6.45, 7) is 0. The molecule has 0 N–H and O–H groups in total. The molecule has 0 aliphatic rings. The molecule has 6 nitrogen and oxygen atoms in total. The van der Waals surface area contributed by atoms with Gasteiger partial charge in [-0.25, -0.2) is 9.97 Å². The van der Waals surface area contributed by atoms with Crippen LogP contribution in [0.5, 0.6) is 17.4 Å². The summed E-state index contributed by atoms with van der Waals surface area (Å²) in [5.74, 6) is 0.596. The molecule has 2 aromatic rings. The molecule has 2 rings (SSSR count). The van der Waals surface area contributed by atoms with Crippen molar-refractivity contribution in [3.8, 4) is 17.4 Å². The predicted molar refractivity (Wildman–Crippen MR) is 71.6 cm³/mol. The van der Waals surface area contributed by atoms with Crippen LogP contribution in [0, 0.1) is 0 Å². The molecule has 104 valence electrons. The van der Waals surface area contributed by atoms with E-state index in [1.807, 2.05) is 0 Å². The molecule has 1 aromatic carbocycles. The molecule has 0 spiro atoms. The summed E-state index contributed by atoms with van der Waals surface area (Å²) < 4.78 is 15.5. The third kappa shape index (κ3) is 2.40. The van der Waals surface area contributed by atoms with Gasteiger partial charge in [0.15, 0.2) is 5.69 Å². The maximum atomic E-state index is 12.6. The first-order valence-corrected chi connectivity index (χ1v) is 5.83. The first-order chi connectivity index (χ1) is 9.72. The van der Waals surface area contributed by atoms with Gasteiger partial charge in [-0.3, -0.25) is 4.79 Å². The molecular formula is C14H14N2O4. The zero-order valence-electron chi connectivity index (χ0n) is 11.4. The fourth-order valence-electron chi connectivity index (χ4n) is 1.82. The van der Waals surface area contributed by atoms with E-state index < -0.39 is 0 Å². The Morgan fingerprint density at radius 2 is 1.55 bits per heavy atom. The van der Waals surface area contributed by atoms with Crippen LogP contribution in [0.15, 0.2) is 30.6 Å². The Morgan fingerprint density at radius 3 is 2.10 bits per heavy atom. The Bertz CT molecular complexity index is 606. The number of hydrogen-bond acceptors (Lipinski definition) is 6. The van der Waals surface area contributed by atoms with E-state index in [0.29, 0.717) is 11.5 Å². The largest absolute Gasteiger partial charge is 0.496 e. The van der Waals surface area contributed by atoms with Crippen LogP contribution in [0.1, 0.15) is 16.1 Å². The number of ether oxygens (including phenoxy) is 3. The molecule has 0 atom stereocenters. The van der Waals surface area contributed by atoms with Crippen LogP contribution in [0.25, 0.3) is 0 Å². The second kappa shape index (κ2) is 6.01. The summed E-state index contributed by atoms with van der Waals surface area (Å²) in [6, 6.07) is 5.10. The number of methoxy groups -OCH3 is 3. The van der Waals surface area contributed by atoms with E-state index in [1.165, 1.54) is 33.7 Å². The second-order valence-electron chi connectivity index (χ2n) is 3.78. The highest BCUT2D eigenvalue weighted by Crippen LogP contribution is 2.31. The molecule has 0 bridgehead atoms. The smallest absolute Gasteiger partial charge is 0.243 e. The van der Waals surface area contributed by atoms with Gasteiger partial charge < -0.3 is 14.2 Å². The fraction of sp³-hybridized carbons (Fsp3) is 0.214. The highest BCUT2D eigenvalue weighted by Gasteiger charge is 2.24. The topological polar surface area (TPSA) is 70.5 Å². The molecule has 0 radical (unpaired) electrons. The van der Waals surface area contributed by atoms with Crippen LogP contribution in [0.3, 0.4) is 0 Å². The SMILES string of the molecule is COc1cccc(OC)c1C(=O)c1nccnc1OC.